The van der Waals surface area contributed by atoms with Crippen molar-refractivity contribution in [1.29, 1.82) is 0 Å². The second-order valence-corrected chi connectivity index (χ2v) is 7.83. The molecule has 2 heterocycles. The average Bonchev–Trinajstić information content (AvgIpc) is 3.35. The Bertz CT molecular complexity index is 721. The topological polar surface area (TPSA) is 77.7 Å². The summed E-state index contributed by atoms with van der Waals surface area (Å²) in [5, 5.41) is 26.0. The number of thiophene rings is 1. The molecule has 0 aromatic carbocycles. The minimum Gasteiger partial charge on any atom is -0.383 e. The molecule has 2 aromatic rings. The molecule has 28 heavy (non-hydrogen) atoms. The van der Waals surface area contributed by atoms with Crippen molar-refractivity contribution < 1.29 is 5.11 Å². The predicted molar refractivity (Wildman–Crippen MR) is 117 cm³/mol. The molecule has 0 saturated heterocycles. The summed E-state index contributed by atoms with van der Waals surface area (Å²) in [6, 6.07) is 2.47. The first-order valence-electron chi connectivity index (χ1n) is 9.91. The molecule has 0 spiro atoms. The molecule has 2 rings (SSSR count). The Hall–Kier alpha value is -1.90. The van der Waals surface area contributed by atoms with Gasteiger partial charge in [-0.25, -0.2) is 4.99 Å². The third-order valence-electron chi connectivity index (χ3n) is 4.86. The van der Waals surface area contributed by atoms with Crippen LogP contribution in [-0.2, 0) is 12.6 Å². The first-order chi connectivity index (χ1) is 13.4. The lowest BCUT2D eigenvalue weighted by atomic mass is 10.0. The SMILES string of the molecule is CCNC(=NCC(C)(O)c1cnn(C)c1)NCC(c1ccsc1)N(CC)CC. The van der Waals surface area contributed by atoms with Gasteiger partial charge >= 0.3 is 0 Å². The Morgan fingerprint density at radius 1 is 1.36 bits per heavy atom. The van der Waals surface area contributed by atoms with Gasteiger partial charge in [0.15, 0.2) is 5.96 Å². The molecular weight excluding hydrogens is 372 g/mol. The number of nitrogens with one attached hydrogen (secondary N) is 2. The maximum atomic E-state index is 10.8. The average molecular weight is 407 g/mol. The molecule has 0 aliphatic rings. The first-order valence-corrected chi connectivity index (χ1v) is 10.8. The van der Waals surface area contributed by atoms with Gasteiger partial charge in [0.1, 0.15) is 5.60 Å². The monoisotopic (exact) mass is 406 g/mol. The van der Waals surface area contributed by atoms with E-state index in [2.05, 4.69) is 56.3 Å². The third-order valence-corrected chi connectivity index (χ3v) is 5.56. The van der Waals surface area contributed by atoms with Gasteiger partial charge in [0, 0.05) is 31.9 Å². The van der Waals surface area contributed by atoms with Crippen molar-refractivity contribution in [1.82, 2.24) is 25.3 Å². The Balaban J connectivity index is 2.08. The number of aryl methyl sites for hydroxylation is 1. The van der Waals surface area contributed by atoms with Crippen LogP contribution in [0.3, 0.4) is 0 Å². The van der Waals surface area contributed by atoms with Crippen molar-refractivity contribution in [2.75, 3.05) is 32.7 Å². The maximum Gasteiger partial charge on any atom is 0.191 e. The van der Waals surface area contributed by atoms with Crippen LogP contribution >= 0.6 is 11.3 Å². The zero-order chi connectivity index (χ0) is 20.6. The Kier molecular flexibility index (Phi) is 8.47. The van der Waals surface area contributed by atoms with Crippen LogP contribution in [0.15, 0.2) is 34.2 Å². The highest BCUT2D eigenvalue weighted by molar-refractivity contribution is 7.07. The molecule has 0 aliphatic carbocycles. The van der Waals surface area contributed by atoms with Crippen LogP contribution in [0.4, 0.5) is 0 Å². The normalized spacial score (nSPS) is 15.5. The lowest BCUT2D eigenvalue weighted by molar-refractivity contribution is 0.0671. The summed E-state index contributed by atoms with van der Waals surface area (Å²) in [6.45, 7) is 11.9. The minimum absolute atomic E-state index is 0.252. The second-order valence-electron chi connectivity index (χ2n) is 7.05. The van der Waals surface area contributed by atoms with E-state index in [9.17, 15) is 5.11 Å². The fourth-order valence-corrected chi connectivity index (χ4v) is 3.85. The fraction of sp³-hybridized carbons (Fsp3) is 0.600. The standard InChI is InChI=1S/C20H34N6OS/c1-6-21-19(23-15-20(4,27)17-11-24-25(5)13-17)22-12-18(26(7-2)8-3)16-9-10-28-14-16/h9-11,13-14,18,27H,6-8,12,15H2,1-5H3,(H2,21,22,23). The smallest absolute Gasteiger partial charge is 0.191 e. The molecule has 8 heteroatoms. The van der Waals surface area contributed by atoms with E-state index in [0.29, 0.717) is 5.96 Å². The molecule has 2 unspecified atom stereocenters. The summed E-state index contributed by atoms with van der Waals surface area (Å²) in [5.74, 6) is 0.707. The molecule has 0 bridgehead atoms. The van der Waals surface area contributed by atoms with Crippen molar-refractivity contribution in [3.8, 4) is 0 Å². The van der Waals surface area contributed by atoms with Gasteiger partial charge in [-0.3, -0.25) is 9.58 Å². The fourth-order valence-electron chi connectivity index (χ4n) is 3.15. The molecule has 0 amide bonds. The Labute approximate surface area is 172 Å². The summed E-state index contributed by atoms with van der Waals surface area (Å²) in [5.41, 5.74) is 1.01. The molecule has 0 fully saturated rings. The van der Waals surface area contributed by atoms with Gasteiger partial charge in [-0.05, 0) is 49.3 Å². The van der Waals surface area contributed by atoms with Crippen molar-refractivity contribution >= 4 is 17.3 Å². The van der Waals surface area contributed by atoms with Crippen LogP contribution in [0.2, 0.25) is 0 Å². The van der Waals surface area contributed by atoms with Gasteiger partial charge in [0.25, 0.3) is 0 Å². The van der Waals surface area contributed by atoms with Crippen LogP contribution in [0.25, 0.3) is 0 Å². The quantitative estimate of drug-likeness (QED) is 0.417. The van der Waals surface area contributed by atoms with E-state index in [-0.39, 0.29) is 12.6 Å². The van der Waals surface area contributed by atoms with Crippen molar-refractivity contribution in [3.63, 3.8) is 0 Å². The number of guanidine groups is 1. The molecule has 3 N–H and O–H groups in total. The van der Waals surface area contributed by atoms with Gasteiger partial charge in [-0.2, -0.15) is 16.4 Å². The lowest BCUT2D eigenvalue weighted by Gasteiger charge is -2.30. The van der Waals surface area contributed by atoms with Crippen molar-refractivity contribution in [3.05, 3.63) is 40.3 Å². The molecule has 0 radical (unpaired) electrons. The molecule has 7 nitrogen and oxygen atoms in total. The van der Waals surface area contributed by atoms with Gasteiger partial charge in [0.2, 0.25) is 0 Å². The van der Waals surface area contributed by atoms with Gasteiger partial charge < -0.3 is 15.7 Å². The summed E-state index contributed by atoms with van der Waals surface area (Å²) in [7, 11) is 1.84. The number of aliphatic imine (C=N–C) groups is 1. The molecule has 2 aromatic heterocycles. The van der Waals surface area contributed by atoms with E-state index < -0.39 is 5.60 Å². The van der Waals surface area contributed by atoms with E-state index >= 15 is 0 Å². The number of hydrogen-bond donors (Lipinski definition) is 3. The molecule has 156 valence electrons. The summed E-state index contributed by atoms with van der Waals surface area (Å²) < 4.78 is 1.69. The maximum absolute atomic E-state index is 10.8. The number of nitrogens with zero attached hydrogens (tertiary/aromatic N) is 4. The molecule has 2 atom stereocenters. The van der Waals surface area contributed by atoms with Gasteiger partial charge in [0.05, 0.1) is 18.8 Å². The zero-order valence-corrected chi connectivity index (χ0v) is 18.5. The van der Waals surface area contributed by atoms with E-state index in [1.807, 2.05) is 20.2 Å². The highest BCUT2D eigenvalue weighted by Crippen LogP contribution is 2.22. The number of likely N-dealkylation sites (N-methyl/N-ethyl adjacent to an activating group) is 1. The Morgan fingerprint density at radius 2 is 2.11 bits per heavy atom. The van der Waals surface area contributed by atoms with E-state index in [1.165, 1.54) is 5.56 Å². The number of aromatic nitrogens is 2. The Morgan fingerprint density at radius 3 is 2.64 bits per heavy atom. The highest BCUT2D eigenvalue weighted by Gasteiger charge is 2.25. The van der Waals surface area contributed by atoms with Crippen molar-refractivity contribution in [2.24, 2.45) is 12.0 Å². The first kappa shape index (κ1) is 22.4. The number of aliphatic hydroxyl groups is 1. The van der Waals surface area contributed by atoms with Gasteiger partial charge in [-0.1, -0.05) is 13.8 Å². The number of rotatable bonds is 10. The minimum atomic E-state index is -1.07. The van der Waals surface area contributed by atoms with Crippen LogP contribution in [0, 0.1) is 0 Å². The molecular formula is C20H34N6OS. The highest BCUT2D eigenvalue weighted by atomic mass is 32.1. The van der Waals surface area contributed by atoms with Gasteiger partial charge in [-0.15, -0.1) is 0 Å². The molecule has 0 saturated carbocycles. The summed E-state index contributed by atoms with van der Waals surface area (Å²) in [6.07, 6.45) is 3.51. The summed E-state index contributed by atoms with van der Waals surface area (Å²) >= 11 is 1.72. The largest absolute Gasteiger partial charge is 0.383 e. The second kappa shape index (κ2) is 10.6. The van der Waals surface area contributed by atoms with Crippen molar-refractivity contribution in [2.45, 2.75) is 39.3 Å². The van der Waals surface area contributed by atoms with E-state index in [0.717, 1.165) is 31.7 Å². The van der Waals surface area contributed by atoms with Crippen LogP contribution in [0.1, 0.15) is 44.9 Å². The van der Waals surface area contributed by atoms with Crippen LogP contribution < -0.4 is 10.6 Å². The predicted octanol–water partition coefficient (Wildman–Crippen LogP) is 2.33. The van der Waals surface area contributed by atoms with E-state index in [1.54, 1.807) is 29.1 Å². The zero-order valence-electron chi connectivity index (χ0n) is 17.6. The number of hydrogen-bond acceptors (Lipinski definition) is 5. The lowest BCUT2D eigenvalue weighted by Crippen LogP contribution is -2.43. The van der Waals surface area contributed by atoms with E-state index in [4.69, 9.17) is 0 Å². The summed E-state index contributed by atoms with van der Waals surface area (Å²) in [4.78, 5) is 7.06. The molecule has 0 aliphatic heterocycles. The van der Waals surface area contributed by atoms with Crippen LogP contribution in [0.5, 0.6) is 0 Å². The van der Waals surface area contributed by atoms with Crippen LogP contribution in [-0.4, -0.2) is 58.5 Å². The third kappa shape index (κ3) is 6.05.